The fourth-order valence-corrected chi connectivity index (χ4v) is 3.06. The van der Waals surface area contributed by atoms with Crippen LogP contribution >= 0.6 is 0 Å². The lowest BCUT2D eigenvalue weighted by Crippen LogP contribution is -2.14. The molecule has 6 heteroatoms. The highest BCUT2D eigenvalue weighted by Gasteiger charge is 2.44. The second-order valence-electron chi connectivity index (χ2n) is 5.21. The van der Waals surface area contributed by atoms with E-state index in [1.54, 1.807) is 29.3 Å². The van der Waals surface area contributed by atoms with Gasteiger partial charge in [0.15, 0.2) is 5.78 Å². The van der Waals surface area contributed by atoms with Gasteiger partial charge in [-0.2, -0.15) is 0 Å². The number of carbonyl (C=O) groups is 1. The molecular weight excluding hydrogens is 276 g/mol. The third-order valence-electron chi connectivity index (χ3n) is 3.32. The van der Waals surface area contributed by atoms with Crippen LogP contribution in [0, 0.1) is 5.92 Å². The van der Waals surface area contributed by atoms with Gasteiger partial charge in [-0.15, -0.1) is 0 Å². The van der Waals surface area contributed by atoms with E-state index in [-0.39, 0.29) is 22.5 Å². The van der Waals surface area contributed by atoms with Gasteiger partial charge in [-0.25, -0.2) is 13.6 Å². The van der Waals surface area contributed by atoms with Crippen LogP contribution in [0.4, 0.5) is 0 Å². The normalized spacial score (nSPS) is 21.9. The average molecular weight is 294 g/mol. The summed E-state index contributed by atoms with van der Waals surface area (Å²) in [6, 6.07) is 6.61. The van der Waals surface area contributed by atoms with Gasteiger partial charge in [0.25, 0.3) is 0 Å². The summed E-state index contributed by atoms with van der Waals surface area (Å²) in [6.45, 7) is 0. The van der Waals surface area contributed by atoms with E-state index in [1.165, 1.54) is 12.1 Å². The molecule has 0 amide bonds. The predicted molar refractivity (Wildman–Crippen MR) is 76.5 cm³/mol. The van der Waals surface area contributed by atoms with Crippen LogP contribution in [-0.2, 0) is 14.8 Å². The van der Waals surface area contributed by atoms with Crippen LogP contribution in [-0.4, -0.2) is 33.2 Å². The Morgan fingerprint density at radius 2 is 2.00 bits per heavy atom. The van der Waals surface area contributed by atoms with E-state index < -0.39 is 10.0 Å². The molecule has 0 radical (unpaired) electrons. The van der Waals surface area contributed by atoms with Crippen molar-refractivity contribution in [1.29, 1.82) is 0 Å². The van der Waals surface area contributed by atoms with Crippen molar-refractivity contribution in [3.63, 3.8) is 0 Å². The Morgan fingerprint density at radius 3 is 2.60 bits per heavy atom. The first-order chi connectivity index (χ1) is 9.30. The van der Waals surface area contributed by atoms with Crippen molar-refractivity contribution in [2.75, 3.05) is 14.1 Å². The van der Waals surface area contributed by atoms with Gasteiger partial charge in [-0.1, -0.05) is 18.2 Å². The Hall–Kier alpha value is -1.66. The molecule has 0 aliphatic heterocycles. The molecule has 2 N–H and O–H groups in total. The number of nitrogens with zero attached hydrogens (tertiary/aromatic N) is 1. The van der Waals surface area contributed by atoms with Gasteiger partial charge >= 0.3 is 0 Å². The van der Waals surface area contributed by atoms with Gasteiger partial charge in [-0.05, 0) is 30.0 Å². The number of hydrogen-bond acceptors (Lipinski definition) is 4. The highest BCUT2D eigenvalue weighted by Crippen LogP contribution is 2.49. The number of primary sulfonamides is 1. The first-order valence-electron chi connectivity index (χ1n) is 6.31. The van der Waals surface area contributed by atoms with Gasteiger partial charge in [0.05, 0.1) is 4.90 Å². The van der Waals surface area contributed by atoms with Crippen molar-refractivity contribution in [2.24, 2.45) is 11.1 Å². The maximum Gasteiger partial charge on any atom is 0.238 e. The number of carbonyl (C=O) groups excluding carboxylic acids is 1. The molecule has 1 aliphatic rings. The quantitative estimate of drug-likeness (QED) is 0.824. The Kier molecular flexibility index (Phi) is 3.96. The molecule has 108 valence electrons. The van der Waals surface area contributed by atoms with E-state index in [1.807, 2.05) is 14.1 Å². The molecule has 1 aromatic carbocycles. The summed E-state index contributed by atoms with van der Waals surface area (Å²) < 4.78 is 23.1. The number of ketones is 1. The second-order valence-corrected chi connectivity index (χ2v) is 6.74. The third kappa shape index (κ3) is 3.26. The van der Waals surface area contributed by atoms with Crippen LogP contribution in [0.5, 0.6) is 0 Å². The summed E-state index contributed by atoms with van der Waals surface area (Å²) >= 11 is 0. The smallest absolute Gasteiger partial charge is 0.238 e. The Labute approximate surface area is 119 Å². The molecule has 2 atom stereocenters. The monoisotopic (exact) mass is 294 g/mol. The van der Waals surface area contributed by atoms with Crippen LogP contribution in [0.3, 0.4) is 0 Å². The molecule has 1 fully saturated rings. The minimum absolute atomic E-state index is 0.0212. The third-order valence-corrected chi connectivity index (χ3v) is 4.30. The van der Waals surface area contributed by atoms with E-state index in [9.17, 15) is 13.2 Å². The fourth-order valence-electron chi connectivity index (χ4n) is 2.25. The summed E-state index contributed by atoms with van der Waals surface area (Å²) in [5.41, 5.74) is 0.645. The summed E-state index contributed by atoms with van der Waals surface area (Å²) in [7, 11) is -0.0754. The summed E-state index contributed by atoms with van der Waals surface area (Å²) in [6.07, 6.45) is 3.90. The number of allylic oxidation sites excluding steroid dienone is 1. The number of hydrogen-bond donors (Lipinski definition) is 1. The maximum absolute atomic E-state index is 12.0. The molecule has 0 spiro atoms. The van der Waals surface area contributed by atoms with E-state index in [0.29, 0.717) is 12.0 Å². The molecule has 20 heavy (non-hydrogen) atoms. The van der Waals surface area contributed by atoms with Crippen molar-refractivity contribution < 1.29 is 13.2 Å². The lowest BCUT2D eigenvalue weighted by atomic mass is 10.1. The van der Waals surface area contributed by atoms with Gasteiger partial charge in [0.1, 0.15) is 0 Å². The molecule has 0 heterocycles. The van der Waals surface area contributed by atoms with Crippen molar-refractivity contribution in [2.45, 2.75) is 17.2 Å². The van der Waals surface area contributed by atoms with Crippen molar-refractivity contribution in [3.05, 3.63) is 42.1 Å². The standard InChI is InChI=1S/C14H18N2O3S/c1-16(2)8-7-13(17)12-9-11(12)10-5-3-4-6-14(10)20(15,18)19/h3-8,11-12H,9H2,1-2H3,(H2,15,18,19). The lowest BCUT2D eigenvalue weighted by Gasteiger charge is -2.06. The van der Waals surface area contributed by atoms with Crippen molar-refractivity contribution in [3.8, 4) is 0 Å². The van der Waals surface area contributed by atoms with Gasteiger partial charge in [0, 0.05) is 26.2 Å². The topological polar surface area (TPSA) is 80.5 Å². The van der Waals surface area contributed by atoms with E-state index >= 15 is 0 Å². The molecule has 0 bridgehead atoms. The van der Waals surface area contributed by atoms with E-state index in [0.717, 1.165) is 0 Å². The highest BCUT2D eigenvalue weighted by atomic mass is 32.2. The summed E-state index contributed by atoms with van der Waals surface area (Å²) in [5.74, 6) is -0.175. The Morgan fingerprint density at radius 1 is 1.35 bits per heavy atom. The minimum atomic E-state index is -3.75. The van der Waals surface area contributed by atoms with Gasteiger partial charge < -0.3 is 4.90 Å². The second kappa shape index (κ2) is 5.38. The van der Waals surface area contributed by atoms with Crippen molar-refractivity contribution >= 4 is 15.8 Å². The van der Waals surface area contributed by atoms with E-state index in [2.05, 4.69) is 0 Å². The van der Waals surface area contributed by atoms with Crippen LogP contribution < -0.4 is 5.14 Å². The number of benzene rings is 1. The Balaban J connectivity index is 2.19. The van der Waals surface area contributed by atoms with Crippen LogP contribution in [0.15, 0.2) is 41.4 Å². The van der Waals surface area contributed by atoms with Gasteiger partial charge in [0.2, 0.25) is 10.0 Å². The maximum atomic E-state index is 12.0. The summed E-state index contributed by atoms with van der Waals surface area (Å²) in [4.78, 5) is 13.9. The highest BCUT2D eigenvalue weighted by molar-refractivity contribution is 7.89. The zero-order chi connectivity index (χ0) is 14.9. The molecule has 0 aromatic heterocycles. The van der Waals surface area contributed by atoms with Crippen LogP contribution in [0.2, 0.25) is 0 Å². The number of nitrogens with two attached hydrogens (primary N) is 1. The molecule has 1 aliphatic carbocycles. The number of rotatable bonds is 5. The van der Waals surface area contributed by atoms with E-state index in [4.69, 9.17) is 5.14 Å². The predicted octanol–water partition coefficient (Wildman–Crippen LogP) is 1.08. The van der Waals surface area contributed by atoms with Crippen molar-refractivity contribution in [1.82, 2.24) is 4.90 Å². The molecule has 2 unspecified atom stereocenters. The fraction of sp³-hybridized carbons (Fsp3) is 0.357. The molecule has 1 saturated carbocycles. The zero-order valence-electron chi connectivity index (χ0n) is 11.5. The first kappa shape index (κ1) is 14.7. The molecule has 1 aromatic rings. The Bertz CT molecular complexity index is 650. The van der Waals surface area contributed by atoms with Crippen LogP contribution in [0.25, 0.3) is 0 Å². The lowest BCUT2D eigenvalue weighted by molar-refractivity contribution is -0.115. The molecule has 5 nitrogen and oxygen atoms in total. The van der Waals surface area contributed by atoms with Crippen LogP contribution in [0.1, 0.15) is 17.9 Å². The SMILES string of the molecule is CN(C)C=CC(=O)C1CC1c1ccccc1S(N)(=O)=O. The average Bonchev–Trinajstić information content (AvgIpc) is 3.15. The number of sulfonamides is 1. The largest absolute Gasteiger partial charge is 0.383 e. The minimum Gasteiger partial charge on any atom is -0.383 e. The van der Waals surface area contributed by atoms with Gasteiger partial charge in [-0.3, -0.25) is 4.79 Å². The first-order valence-corrected chi connectivity index (χ1v) is 7.85. The molecular formula is C14H18N2O3S. The molecule has 0 saturated heterocycles. The molecule has 2 rings (SSSR count). The zero-order valence-corrected chi connectivity index (χ0v) is 12.3. The summed E-state index contributed by atoms with van der Waals surface area (Å²) in [5, 5.41) is 5.21.